The number of carboxylic acid groups (broad SMARTS) is 1. The molecule has 0 aliphatic heterocycles. The predicted molar refractivity (Wildman–Crippen MR) is 48.8 cm³/mol. The number of ether oxygens (including phenoxy) is 1. The van der Waals surface area contributed by atoms with Crippen LogP contribution in [0, 0.1) is 0 Å². The summed E-state index contributed by atoms with van der Waals surface area (Å²) in [5.41, 5.74) is 4.26. The maximum absolute atomic E-state index is 11.8. The molecule has 94 valence electrons. The number of halogens is 3. The molecule has 0 unspecified atom stereocenters. The minimum Gasteiger partial charge on any atom is -0.480 e. The van der Waals surface area contributed by atoms with Crippen LogP contribution in [-0.4, -0.2) is 35.5 Å². The van der Waals surface area contributed by atoms with Crippen LogP contribution in [0.2, 0.25) is 0 Å². The Morgan fingerprint density at radius 2 is 1.94 bits per heavy atom. The van der Waals surface area contributed by atoms with Crippen molar-refractivity contribution in [2.75, 3.05) is 6.61 Å². The van der Waals surface area contributed by atoms with E-state index in [1.54, 1.807) is 0 Å². The van der Waals surface area contributed by atoms with Crippen molar-refractivity contribution in [1.29, 1.82) is 0 Å². The molecule has 0 aromatic heterocycles. The second-order valence-corrected chi connectivity index (χ2v) is 4.09. The van der Waals surface area contributed by atoms with Gasteiger partial charge in [0.25, 0.3) is 0 Å². The van der Waals surface area contributed by atoms with Gasteiger partial charge in [0.1, 0.15) is 12.1 Å². The SMILES string of the molecule is NC1(C(=O)O)CCC(OCC(F)(F)F)CC1. The van der Waals surface area contributed by atoms with Crippen LogP contribution in [0.4, 0.5) is 13.2 Å². The van der Waals surface area contributed by atoms with E-state index >= 15 is 0 Å². The van der Waals surface area contributed by atoms with Gasteiger partial charge in [-0.15, -0.1) is 0 Å². The van der Waals surface area contributed by atoms with Crippen LogP contribution in [0.5, 0.6) is 0 Å². The Kier molecular flexibility index (Phi) is 3.80. The van der Waals surface area contributed by atoms with E-state index < -0.39 is 30.4 Å². The number of aliphatic carboxylic acids is 1. The number of hydrogen-bond donors (Lipinski definition) is 2. The van der Waals surface area contributed by atoms with E-state index in [4.69, 9.17) is 10.8 Å². The monoisotopic (exact) mass is 241 g/mol. The van der Waals surface area contributed by atoms with Crippen molar-refractivity contribution in [2.45, 2.75) is 43.5 Å². The summed E-state index contributed by atoms with van der Waals surface area (Å²) in [6.45, 7) is -1.29. The molecule has 7 heteroatoms. The second-order valence-electron chi connectivity index (χ2n) is 4.09. The van der Waals surface area contributed by atoms with Gasteiger partial charge in [-0.05, 0) is 25.7 Å². The number of carbonyl (C=O) groups is 1. The third-order valence-electron chi connectivity index (χ3n) is 2.73. The largest absolute Gasteiger partial charge is 0.480 e. The summed E-state index contributed by atoms with van der Waals surface area (Å²) in [4.78, 5) is 10.8. The van der Waals surface area contributed by atoms with E-state index in [0.717, 1.165) is 0 Å². The van der Waals surface area contributed by atoms with Gasteiger partial charge in [0, 0.05) is 0 Å². The van der Waals surface area contributed by atoms with Crippen LogP contribution in [-0.2, 0) is 9.53 Å². The van der Waals surface area contributed by atoms with Gasteiger partial charge < -0.3 is 15.6 Å². The highest BCUT2D eigenvalue weighted by Crippen LogP contribution is 2.29. The zero-order valence-corrected chi connectivity index (χ0v) is 8.59. The quantitative estimate of drug-likeness (QED) is 0.780. The zero-order chi connectivity index (χ0) is 12.4. The minimum atomic E-state index is -4.34. The van der Waals surface area contributed by atoms with Crippen molar-refractivity contribution >= 4 is 5.97 Å². The summed E-state index contributed by atoms with van der Waals surface area (Å²) in [6, 6.07) is 0. The molecule has 1 saturated carbocycles. The van der Waals surface area contributed by atoms with Crippen molar-refractivity contribution in [3.8, 4) is 0 Å². The first-order chi connectivity index (χ1) is 7.23. The lowest BCUT2D eigenvalue weighted by molar-refractivity contribution is -0.189. The van der Waals surface area contributed by atoms with Crippen molar-refractivity contribution in [2.24, 2.45) is 5.73 Å². The fraction of sp³-hybridized carbons (Fsp3) is 0.889. The summed E-state index contributed by atoms with van der Waals surface area (Å²) in [7, 11) is 0. The lowest BCUT2D eigenvalue weighted by atomic mass is 9.81. The van der Waals surface area contributed by atoms with Crippen molar-refractivity contribution in [3.05, 3.63) is 0 Å². The van der Waals surface area contributed by atoms with E-state index in [1.165, 1.54) is 0 Å². The molecule has 0 heterocycles. The Hall–Kier alpha value is -0.820. The maximum Gasteiger partial charge on any atom is 0.411 e. The van der Waals surface area contributed by atoms with E-state index in [2.05, 4.69) is 4.74 Å². The summed E-state index contributed by atoms with van der Waals surface area (Å²) in [5.74, 6) is -1.11. The highest BCUT2D eigenvalue weighted by Gasteiger charge is 2.39. The molecular weight excluding hydrogens is 227 g/mol. The fourth-order valence-electron chi connectivity index (χ4n) is 1.70. The Morgan fingerprint density at radius 3 is 2.31 bits per heavy atom. The molecule has 0 aromatic rings. The van der Waals surface area contributed by atoms with Gasteiger partial charge in [0.15, 0.2) is 0 Å². The van der Waals surface area contributed by atoms with E-state index in [9.17, 15) is 18.0 Å². The number of carboxylic acids is 1. The molecule has 1 rings (SSSR count). The molecule has 16 heavy (non-hydrogen) atoms. The van der Waals surface area contributed by atoms with Gasteiger partial charge >= 0.3 is 12.1 Å². The molecule has 0 bridgehead atoms. The number of rotatable bonds is 3. The molecule has 1 aliphatic rings. The molecule has 0 aromatic carbocycles. The smallest absolute Gasteiger partial charge is 0.411 e. The van der Waals surface area contributed by atoms with Crippen molar-refractivity contribution in [3.63, 3.8) is 0 Å². The van der Waals surface area contributed by atoms with Crippen LogP contribution < -0.4 is 5.73 Å². The first kappa shape index (κ1) is 13.2. The number of hydrogen-bond acceptors (Lipinski definition) is 3. The van der Waals surface area contributed by atoms with Gasteiger partial charge in [-0.2, -0.15) is 13.2 Å². The van der Waals surface area contributed by atoms with Crippen LogP contribution in [0.3, 0.4) is 0 Å². The first-order valence-electron chi connectivity index (χ1n) is 4.93. The van der Waals surface area contributed by atoms with Gasteiger partial charge in [-0.1, -0.05) is 0 Å². The van der Waals surface area contributed by atoms with E-state index in [-0.39, 0.29) is 25.7 Å². The molecule has 0 saturated heterocycles. The Balaban J connectivity index is 2.35. The van der Waals surface area contributed by atoms with Gasteiger partial charge in [0.2, 0.25) is 0 Å². The van der Waals surface area contributed by atoms with Gasteiger partial charge in [-0.25, -0.2) is 0 Å². The van der Waals surface area contributed by atoms with Crippen LogP contribution in [0.25, 0.3) is 0 Å². The van der Waals surface area contributed by atoms with Crippen LogP contribution in [0.1, 0.15) is 25.7 Å². The molecule has 4 nitrogen and oxygen atoms in total. The lowest BCUT2D eigenvalue weighted by Gasteiger charge is -2.33. The average molecular weight is 241 g/mol. The molecule has 3 N–H and O–H groups in total. The standard InChI is InChI=1S/C9H14F3NO3/c10-9(11,12)5-16-6-1-3-8(13,4-2-6)7(14)15/h6H,1-5,13H2,(H,14,15). The van der Waals surface area contributed by atoms with Crippen LogP contribution >= 0.6 is 0 Å². The summed E-state index contributed by atoms with van der Waals surface area (Å²) >= 11 is 0. The first-order valence-corrected chi connectivity index (χ1v) is 4.93. The summed E-state index contributed by atoms with van der Waals surface area (Å²) in [5, 5.41) is 8.80. The van der Waals surface area contributed by atoms with Gasteiger partial charge in [0.05, 0.1) is 6.10 Å². The van der Waals surface area contributed by atoms with Gasteiger partial charge in [-0.3, -0.25) is 4.79 Å². The molecule has 1 aliphatic carbocycles. The van der Waals surface area contributed by atoms with E-state index in [0.29, 0.717) is 0 Å². The highest BCUT2D eigenvalue weighted by atomic mass is 19.4. The lowest BCUT2D eigenvalue weighted by Crippen LogP contribution is -2.51. The highest BCUT2D eigenvalue weighted by molar-refractivity contribution is 5.78. The van der Waals surface area contributed by atoms with Crippen molar-refractivity contribution in [1.82, 2.24) is 0 Å². The number of nitrogens with two attached hydrogens (primary N) is 1. The third kappa shape index (κ3) is 3.64. The topological polar surface area (TPSA) is 72.6 Å². The Bertz CT molecular complexity index is 259. The third-order valence-corrected chi connectivity index (χ3v) is 2.73. The Morgan fingerprint density at radius 1 is 1.44 bits per heavy atom. The van der Waals surface area contributed by atoms with Crippen molar-refractivity contribution < 1.29 is 27.8 Å². The number of alkyl halides is 3. The van der Waals surface area contributed by atoms with Crippen LogP contribution in [0.15, 0.2) is 0 Å². The molecule has 0 amide bonds. The zero-order valence-electron chi connectivity index (χ0n) is 8.59. The molecule has 1 fully saturated rings. The summed E-state index contributed by atoms with van der Waals surface area (Å²) < 4.78 is 40.2. The molecule has 0 atom stereocenters. The minimum absolute atomic E-state index is 0.144. The fourth-order valence-corrected chi connectivity index (χ4v) is 1.70. The maximum atomic E-state index is 11.8. The second kappa shape index (κ2) is 4.58. The Labute approximate surface area is 90.6 Å². The average Bonchev–Trinajstić information content (AvgIpc) is 2.15. The predicted octanol–water partition coefficient (Wildman–Crippen LogP) is 1.29. The molecule has 0 radical (unpaired) electrons. The summed E-state index contributed by atoms with van der Waals surface area (Å²) in [6.07, 6.45) is -4.10. The normalized spacial score (nSPS) is 31.4. The molecular formula is C9H14F3NO3. The van der Waals surface area contributed by atoms with E-state index in [1.807, 2.05) is 0 Å². The molecule has 0 spiro atoms.